The molecule has 0 aliphatic carbocycles. The zero-order valence-electron chi connectivity index (χ0n) is 13.3. The lowest BCUT2D eigenvalue weighted by Crippen LogP contribution is -2.37. The van der Waals surface area contributed by atoms with Crippen molar-refractivity contribution >= 4 is 0 Å². The lowest BCUT2D eigenvalue weighted by molar-refractivity contribution is -0.0635. The van der Waals surface area contributed by atoms with Crippen LogP contribution >= 0.6 is 0 Å². The summed E-state index contributed by atoms with van der Waals surface area (Å²) in [6, 6.07) is 0. The molecule has 0 aromatic rings. The lowest BCUT2D eigenvalue weighted by Gasteiger charge is -2.41. The molecule has 2 fully saturated rings. The maximum atomic E-state index is 6.04. The van der Waals surface area contributed by atoms with E-state index in [9.17, 15) is 0 Å². The van der Waals surface area contributed by atoms with Gasteiger partial charge in [-0.3, -0.25) is 0 Å². The molecular weight excluding hydrogens is 236 g/mol. The fourth-order valence-electron chi connectivity index (χ4n) is 3.67. The molecule has 112 valence electrons. The molecule has 2 aliphatic rings. The minimum Gasteiger partial charge on any atom is -0.381 e. The molecule has 2 saturated heterocycles. The van der Waals surface area contributed by atoms with Crippen molar-refractivity contribution in [3.05, 3.63) is 0 Å². The van der Waals surface area contributed by atoms with Crippen LogP contribution in [0.25, 0.3) is 0 Å². The Labute approximate surface area is 119 Å². The molecule has 2 heteroatoms. The van der Waals surface area contributed by atoms with Crippen molar-refractivity contribution < 1.29 is 9.47 Å². The lowest BCUT2D eigenvalue weighted by atomic mass is 9.70. The van der Waals surface area contributed by atoms with E-state index in [1.54, 1.807) is 0 Å². The second-order valence-electron chi connectivity index (χ2n) is 7.51. The molecule has 0 amide bonds. The van der Waals surface area contributed by atoms with Gasteiger partial charge in [0.15, 0.2) is 0 Å². The van der Waals surface area contributed by atoms with Gasteiger partial charge in [-0.25, -0.2) is 0 Å². The van der Waals surface area contributed by atoms with Gasteiger partial charge in [0, 0.05) is 13.2 Å². The second kappa shape index (κ2) is 6.58. The molecule has 2 nitrogen and oxygen atoms in total. The topological polar surface area (TPSA) is 18.5 Å². The molecule has 0 radical (unpaired) electrons. The van der Waals surface area contributed by atoms with Crippen LogP contribution in [0.4, 0.5) is 0 Å². The molecule has 0 spiro atoms. The Balaban J connectivity index is 1.78. The van der Waals surface area contributed by atoms with Crippen molar-refractivity contribution in [2.75, 3.05) is 19.8 Å². The molecule has 4 atom stereocenters. The van der Waals surface area contributed by atoms with E-state index in [1.807, 2.05) is 0 Å². The Bertz CT molecular complexity index is 260. The van der Waals surface area contributed by atoms with Gasteiger partial charge in [-0.1, -0.05) is 27.7 Å². The average Bonchev–Trinajstić information content (AvgIpc) is 2.40. The first-order valence-corrected chi connectivity index (χ1v) is 8.20. The van der Waals surface area contributed by atoms with Crippen molar-refractivity contribution in [1.29, 1.82) is 0 Å². The van der Waals surface area contributed by atoms with Crippen molar-refractivity contribution in [2.24, 2.45) is 23.2 Å². The summed E-state index contributed by atoms with van der Waals surface area (Å²) in [6.07, 6.45) is 6.98. The van der Waals surface area contributed by atoms with E-state index in [1.165, 1.54) is 32.1 Å². The van der Waals surface area contributed by atoms with Crippen LogP contribution in [0.1, 0.15) is 59.8 Å². The summed E-state index contributed by atoms with van der Waals surface area (Å²) in [5.74, 6) is 2.18. The van der Waals surface area contributed by atoms with Crippen molar-refractivity contribution in [2.45, 2.75) is 65.9 Å². The second-order valence-corrected chi connectivity index (χ2v) is 7.51. The fourth-order valence-corrected chi connectivity index (χ4v) is 3.67. The van der Waals surface area contributed by atoms with Gasteiger partial charge >= 0.3 is 0 Å². The van der Waals surface area contributed by atoms with Crippen molar-refractivity contribution in [3.63, 3.8) is 0 Å². The van der Waals surface area contributed by atoms with Gasteiger partial charge in [0.1, 0.15) is 0 Å². The molecule has 2 rings (SSSR count). The molecular formula is C17H32O2. The number of rotatable bonds is 4. The standard InChI is InChI=1S/C17H32O2/c1-13(2)16-7-6-15(11-19-16)10-14(3)17(4)8-5-9-18-12-17/h13-16H,5-12H2,1-4H3. The Morgan fingerprint density at radius 2 is 2.00 bits per heavy atom. The SMILES string of the molecule is CC(C)C1CCC(CC(C)C2(C)CCCOC2)CO1. The number of hydrogen-bond acceptors (Lipinski definition) is 2. The monoisotopic (exact) mass is 268 g/mol. The van der Waals surface area contributed by atoms with Gasteiger partial charge < -0.3 is 9.47 Å². The smallest absolute Gasteiger partial charge is 0.0598 e. The first-order valence-electron chi connectivity index (χ1n) is 8.20. The van der Waals surface area contributed by atoms with Crippen LogP contribution in [0, 0.1) is 23.2 Å². The van der Waals surface area contributed by atoms with Gasteiger partial charge in [-0.2, -0.15) is 0 Å². The Kier molecular flexibility index (Phi) is 5.30. The van der Waals surface area contributed by atoms with Crippen LogP contribution in [-0.2, 0) is 9.47 Å². The summed E-state index contributed by atoms with van der Waals surface area (Å²) < 4.78 is 11.8. The quantitative estimate of drug-likeness (QED) is 0.757. The molecule has 4 unspecified atom stereocenters. The van der Waals surface area contributed by atoms with Crippen molar-refractivity contribution in [3.8, 4) is 0 Å². The van der Waals surface area contributed by atoms with Crippen LogP contribution in [0.5, 0.6) is 0 Å². The van der Waals surface area contributed by atoms with Crippen LogP contribution in [0.2, 0.25) is 0 Å². The van der Waals surface area contributed by atoms with E-state index >= 15 is 0 Å². The Morgan fingerprint density at radius 3 is 2.53 bits per heavy atom. The van der Waals surface area contributed by atoms with Gasteiger partial charge in [0.05, 0.1) is 12.7 Å². The van der Waals surface area contributed by atoms with Gasteiger partial charge in [-0.15, -0.1) is 0 Å². The van der Waals surface area contributed by atoms with Gasteiger partial charge in [0.2, 0.25) is 0 Å². The minimum atomic E-state index is 0.396. The molecule has 0 aromatic carbocycles. The third-order valence-corrected chi connectivity index (χ3v) is 5.49. The summed E-state index contributed by atoms with van der Waals surface area (Å²) in [7, 11) is 0. The number of ether oxygens (including phenoxy) is 2. The van der Waals surface area contributed by atoms with Crippen molar-refractivity contribution in [1.82, 2.24) is 0 Å². The zero-order valence-corrected chi connectivity index (χ0v) is 13.3. The fraction of sp³-hybridized carbons (Fsp3) is 1.00. The normalized spacial score (nSPS) is 38.4. The highest BCUT2D eigenvalue weighted by Crippen LogP contribution is 2.40. The summed E-state index contributed by atoms with van der Waals surface area (Å²) in [5, 5.41) is 0. The summed E-state index contributed by atoms with van der Waals surface area (Å²) >= 11 is 0. The molecule has 2 heterocycles. The molecule has 0 aromatic heterocycles. The Hall–Kier alpha value is -0.0800. The van der Waals surface area contributed by atoms with E-state index in [0.29, 0.717) is 17.4 Å². The molecule has 0 N–H and O–H groups in total. The van der Waals surface area contributed by atoms with E-state index in [2.05, 4.69) is 27.7 Å². The first kappa shape index (κ1) is 15.3. The zero-order chi connectivity index (χ0) is 13.9. The summed E-state index contributed by atoms with van der Waals surface area (Å²) in [5.41, 5.74) is 0.396. The highest BCUT2D eigenvalue weighted by molar-refractivity contribution is 4.85. The van der Waals surface area contributed by atoms with Gasteiger partial charge in [-0.05, 0) is 55.3 Å². The van der Waals surface area contributed by atoms with Crippen LogP contribution in [0.3, 0.4) is 0 Å². The van der Waals surface area contributed by atoms with Gasteiger partial charge in [0.25, 0.3) is 0 Å². The largest absolute Gasteiger partial charge is 0.381 e. The average molecular weight is 268 g/mol. The van der Waals surface area contributed by atoms with E-state index in [4.69, 9.17) is 9.47 Å². The number of hydrogen-bond donors (Lipinski definition) is 0. The molecule has 19 heavy (non-hydrogen) atoms. The maximum Gasteiger partial charge on any atom is 0.0598 e. The summed E-state index contributed by atoms with van der Waals surface area (Å²) in [4.78, 5) is 0. The molecule has 2 aliphatic heterocycles. The molecule has 0 bridgehead atoms. The van der Waals surface area contributed by atoms with E-state index in [0.717, 1.165) is 31.7 Å². The first-order chi connectivity index (χ1) is 9.01. The predicted molar refractivity (Wildman–Crippen MR) is 79.2 cm³/mol. The van der Waals surface area contributed by atoms with Crippen LogP contribution < -0.4 is 0 Å². The molecule has 0 saturated carbocycles. The highest BCUT2D eigenvalue weighted by Gasteiger charge is 2.35. The van der Waals surface area contributed by atoms with E-state index < -0.39 is 0 Å². The van der Waals surface area contributed by atoms with Crippen LogP contribution in [-0.4, -0.2) is 25.9 Å². The predicted octanol–water partition coefficient (Wildman–Crippen LogP) is 4.28. The maximum absolute atomic E-state index is 6.04. The third kappa shape index (κ3) is 3.95. The van der Waals surface area contributed by atoms with E-state index in [-0.39, 0.29) is 0 Å². The third-order valence-electron chi connectivity index (χ3n) is 5.49. The van der Waals surface area contributed by atoms with Crippen LogP contribution in [0.15, 0.2) is 0 Å². The summed E-state index contributed by atoms with van der Waals surface area (Å²) in [6.45, 7) is 12.3. The highest BCUT2D eigenvalue weighted by atomic mass is 16.5. The minimum absolute atomic E-state index is 0.396. The Morgan fingerprint density at radius 1 is 1.21 bits per heavy atom.